The molecule has 1 aromatic carbocycles. The number of ether oxygens (including phenoxy) is 1. The standard InChI is InChI=1S/C21H20N4O3S/c1-28-20(27)18-17(16(13-23-18)11-14-7-6-10-22-12-14)24-21(29-2)25-19(26)15-8-4-3-5-9-15/h3-10,12-13,23H,11H2,1-2H3,(H,24,25,26). The van der Waals surface area contributed by atoms with Gasteiger partial charge in [-0.15, -0.1) is 0 Å². The van der Waals surface area contributed by atoms with E-state index in [1.165, 1.54) is 18.9 Å². The van der Waals surface area contributed by atoms with Crippen LogP contribution in [0.15, 0.2) is 66.0 Å². The van der Waals surface area contributed by atoms with Crippen molar-refractivity contribution in [2.24, 2.45) is 4.99 Å². The number of amides is 1. The molecule has 8 heteroatoms. The van der Waals surface area contributed by atoms with Crippen molar-refractivity contribution in [3.63, 3.8) is 0 Å². The molecule has 0 saturated carbocycles. The van der Waals surface area contributed by atoms with Crippen LogP contribution in [0, 0.1) is 0 Å². The molecule has 0 aliphatic carbocycles. The van der Waals surface area contributed by atoms with Crippen molar-refractivity contribution in [2.45, 2.75) is 6.42 Å². The minimum Gasteiger partial charge on any atom is -0.464 e. The summed E-state index contributed by atoms with van der Waals surface area (Å²) in [5.41, 5.74) is 2.94. The maximum absolute atomic E-state index is 12.5. The molecule has 0 aliphatic rings. The SMILES string of the molecule is COC(=O)c1[nH]cc(Cc2cccnc2)c1N=C(NC(=O)c1ccccc1)SC. The fraction of sp³-hybridized carbons (Fsp3) is 0.143. The lowest BCUT2D eigenvalue weighted by Crippen LogP contribution is -2.28. The Balaban J connectivity index is 1.94. The Morgan fingerprint density at radius 1 is 1.21 bits per heavy atom. The highest BCUT2D eigenvalue weighted by molar-refractivity contribution is 8.13. The van der Waals surface area contributed by atoms with Crippen LogP contribution in [-0.4, -0.2) is 40.4 Å². The number of nitrogens with one attached hydrogen (secondary N) is 2. The van der Waals surface area contributed by atoms with Crippen LogP contribution in [0.25, 0.3) is 0 Å². The van der Waals surface area contributed by atoms with Gasteiger partial charge in [-0.3, -0.25) is 9.78 Å². The van der Waals surface area contributed by atoms with Crippen molar-refractivity contribution in [1.82, 2.24) is 15.3 Å². The lowest BCUT2D eigenvalue weighted by Gasteiger charge is -2.08. The van der Waals surface area contributed by atoms with Crippen LogP contribution in [0.4, 0.5) is 5.69 Å². The molecule has 0 fully saturated rings. The monoisotopic (exact) mass is 408 g/mol. The number of aromatic amines is 1. The van der Waals surface area contributed by atoms with E-state index < -0.39 is 5.97 Å². The van der Waals surface area contributed by atoms with Gasteiger partial charge in [-0.25, -0.2) is 9.79 Å². The average Bonchev–Trinajstić information content (AvgIpc) is 3.15. The molecule has 0 aliphatic heterocycles. The molecule has 0 saturated heterocycles. The Morgan fingerprint density at radius 3 is 2.66 bits per heavy atom. The van der Waals surface area contributed by atoms with E-state index in [1.807, 2.05) is 18.2 Å². The number of nitrogens with zero attached hydrogens (tertiary/aromatic N) is 2. The summed E-state index contributed by atoms with van der Waals surface area (Å²) in [6.45, 7) is 0. The molecule has 0 bridgehead atoms. The largest absolute Gasteiger partial charge is 0.464 e. The Kier molecular flexibility index (Phi) is 6.80. The van der Waals surface area contributed by atoms with Crippen molar-refractivity contribution in [1.29, 1.82) is 0 Å². The van der Waals surface area contributed by atoms with Gasteiger partial charge in [0, 0.05) is 36.1 Å². The normalized spacial score (nSPS) is 11.2. The molecular weight excluding hydrogens is 388 g/mol. The topological polar surface area (TPSA) is 96.4 Å². The molecule has 148 valence electrons. The summed E-state index contributed by atoms with van der Waals surface area (Å²) < 4.78 is 4.86. The summed E-state index contributed by atoms with van der Waals surface area (Å²) in [5, 5.41) is 3.16. The van der Waals surface area contributed by atoms with Crippen molar-refractivity contribution in [3.05, 3.63) is 83.4 Å². The van der Waals surface area contributed by atoms with Crippen LogP contribution in [0.5, 0.6) is 0 Å². The zero-order chi connectivity index (χ0) is 20.6. The average molecular weight is 408 g/mol. The van der Waals surface area contributed by atoms with Gasteiger partial charge >= 0.3 is 5.97 Å². The highest BCUT2D eigenvalue weighted by Crippen LogP contribution is 2.28. The second-order valence-corrected chi connectivity index (χ2v) is 6.80. The van der Waals surface area contributed by atoms with Crippen LogP contribution < -0.4 is 5.32 Å². The molecule has 0 radical (unpaired) electrons. The summed E-state index contributed by atoms with van der Waals surface area (Å²) in [7, 11) is 1.31. The van der Waals surface area contributed by atoms with Gasteiger partial charge in [0.2, 0.25) is 0 Å². The lowest BCUT2D eigenvalue weighted by molar-refractivity contribution is 0.0595. The molecule has 3 rings (SSSR count). The highest BCUT2D eigenvalue weighted by Gasteiger charge is 2.19. The summed E-state index contributed by atoms with van der Waals surface area (Å²) >= 11 is 1.27. The fourth-order valence-corrected chi connectivity index (χ4v) is 3.06. The third-order valence-corrected chi connectivity index (χ3v) is 4.68. The van der Waals surface area contributed by atoms with Crippen LogP contribution in [-0.2, 0) is 11.2 Å². The third-order valence-electron chi connectivity index (χ3n) is 4.10. The van der Waals surface area contributed by atoms with E-state index >= 15 is 0 Å². The van der Waals surface area contributed by atoms with Gasteiger partial charge in [-0.1, -0.05) is 36.0 Å². The lowest BCUT2D eigenvalue weighted by atomic mass is 10.1. The minimum atomic E-state index is -0.531. The number of carbonyl (C=O) groups is 2. The van der Waals surface area contributed by atoms with Crippen LogP contribution >= 0.6 is 11.8 Å². The van der Waals surface area contributed by atoms with Crippen LogP contribution in [0.2, 0.25) is 0 Å². The molecule has 2 heterocycles. The van der Waals surface area contributed by atoms with Crippen molar-refractivity contribution >= 4 is 34.5 Å². The molecule has 3 aromatic rings. The van der Waals surface area contributed by atoms with Crippen LogP contribution in [0.1, 0.15) is 32.0 Å². The number of hydrogen-bond donors (Lipinski definition) is 2. The first-order valence-electron chi connectivity index (χ1n) is 8.79. The van der Waals surface area contributed by atoms with E-state index in [-0.39, 0.29) is 11.6 Å². The first-order valence-corrected chi connectivity index (χ1v) is 10.0. The Labute approximate surface area is 172 Å². The number of esters is 1. The molecule has 7 nitrogen and oxygen atoms in total. The van der Waals surface area contributed by atoms with E-state index in [0.717, 1.165) is 11.1 Å². The minimum absolute atomic E-state index is 0.229. The van der Waals surface area contributed by atoms with Gasteiger partial charge in [0.1, 0.15) is 5.69 Å². The van der Waals surface area contributed by atoms with E-state index in [4.69, 9.17) is 4.74 Å². The quantitative estimate of drug-likeness (QED) is 0.382. The number of H-pyrrole nitrogens is 1. The van der Waals surface area contributed by atoms with Gasteiger partial charge in [0.15, 0.2) is 10.9 Å². The Hall–Kier alpha value is -3.39. The molecule has 0 unspecified atom stereocenters. The number of pyridine rings is 1. The molecular formula is C21H20N4O3S. The predicted octanol–water partition coefficient (Wildman–Crippen LogP) is 3.57. The number of benzene rings is 1. The summed E-state index contributed by atoms with van der Waals surface area (Å²) in [5.74, 6) is -0.807. The predicted molar refractivity (Wildman–Crippen MR) is 114 cm³/mol. The van der Waals surface area contributed by atoms with E-state index in [2.05, 4.69) is 20.3 Å². The third kappa shape index (κ3) is 5.11. The first kappa shape index (κ1) is 20.3. The molecule has 29 heavy (non-hydrogen) atoms. The number of amidine groups is 1. The molecule has 2 N–H and O–H groups in total. The van der Waals surface area contributed by atoms with Gasteiger partial charge in [0.25, 0.3) is 5.91 Å². The molecule has 0 spiro atoms. The number of hydrogen-bond acceptors (Lipinski definition) is 6. The second-order valence-electron chi connectivity index (χ2n) is 6.01. The van der Waals surface area contributed by atoms with Crippen molar-refractivity contribution < 1.29 is 14.3 Å². The molecule has 0 atom stereocenters. The maximum atomic E-state index is 12.5. The van der Waals surface area contributed by atoms with Crippen molar-refractivity contribution in [2.75, 3.05) is 13.4 Å². The fourth-order valence-electron chi connectivity index (χ4n) is 2.68. The summed E-state index contributed by atoms with van der Waals surface area (Å²) in [6, 6.07) is 12.6. The molecule has 2 aromatic heterocycles. The number of aliphatic imine (C=N–C) groups is 1. The van der Waals surface area contributed by atoms with Gasteiger partial charge in [0.05, 0.1) is 7.11 Å². The van der Waals surface area contributed by atoms with E-state index in [1.54, 1.807) is 49.1 Å². The summed E-state index contributed by atoms with van der Waals surface area (Å²) in [4.78, 5) is 36.3. The number of carbonyl (C=O) groups excluding carboxylic acids is 2. The van der Waals surface area contributed by atoms with Crippen LogP contribution in [0.3, 0.4) is 0 Å². The zero-order valence-electron chi connectivity index (χ0n) is 16.0. The van der Waals surface area contributed by atoms with Gasteiger partial charge in [-0.05, 0) is 30.0 Å². The second kappa shape index (κ2) is 9.70. The number of methoxy groups -OCH3 is 1. The van der Waals surface area contributed by atoms with E-state index in [0.29, 0.717) is 22.8 Å². The number of aromatic nitrogens is 2. The Morgan fingerprint density at radius 2 is 2.00 bits per heavy atom. The van der Waals surface area contributed by atoms with E-state index in [9.17, 15) is 9.59 Å². The smallest absolute Gasteiger partial charge is 0.356 e. The number of rotatable bonds is 5. The maximum Gasteiger partial charge on any atom is 0.356 e. The number of thioether (sulfide) groups is 1. The summed E-state index contributed by atoms with van der Waals surface area (Å²) in [6.07, 6.45) is 7.49. The highest BCUT2D eigenvalue weighted by atomic mass is 32.2. The zero-order valence-corrected chi connectivity index (χ0v) is 16.8. The van der Waals surface area contributed by atoms with Crippen molar-refractivity contribution in [3.8, 4) is 0 Å². The van der Waals surface area contributed by atoms with Gasteiger partial charge in [-0.2, -0.15) is 0 Å². The Bertz CT molecular complexity index is 1020. The van der Waals surface area contributed by atoms with Gasteiger partial charge < -0.3 is 15.0 Å². The first-order chi connectivity index (χ1) is 14.1. The molecule has 1 amide bonds.